The molecule has 7 heteroatoms. The minimum atomic E-state index is -0.557. The summed E-state index contributed by atoms with van der Waals surface area (Å²) in [5.41, 5.74) is 0.493. The van der Waals surface area contributed by atoms with Crippen LogP contribution in [0, 0.1) is 11.6 Å². The van der Waals surface area contributed by atoms with Gasteiger partial charge in [0.2, 0.25) is 5.91 Å². The minimum Gasteiger partial charge on any atom is -0.340 e. The Bertz CT molecular complexity index is 563. The number of rotatable bonds is 6. The molecule has 0 aromatic heterocycles. The number of amides is 1. The molecule has 1 saturated heterocycles. The highest BCUT2D eigenvalue weighted by Gasteiger charge is 2.30. The summed E-state index contributed by atoms with van der Waals surface area (Å²) in [6, 6.07) is 4.13. The van der Waals surface area contributed by atoms with Gasteiger partial charge in [0, 0.05) is 63.4 Å². The molecule has 1 saturated carbocycles. The standard InChI is InChI=1S/C17H23F2N3O.ClH/c18-14-2-1-13(16(19)11-14)12-22(15-3-4-15)8-5-17(23)21-9-6-20-7-10-21;/h1-2,11,15,20H,3-10,12H2;1H. The smallest absolute Gasteiger partial charge is 0.223 e. The van der Waals surface area contributed by atoms with E-state index < -0.39 is 11.6 Å². The van der Waals surface area contributed by atoms with Gasteiger partial charge in [0.15, 0.2) is 0 Å². The molecule has 0 atom stereocenters. The predicted octanol–water partition coefficient (Wildman–Crippen LogP) is 2.17. The molecule has 1 aliphatic carbocycles. The van der Waals surface area contributed by atoms with Crippen molar-refractivity contribution in [2.75, 3.05) is 32.7 Å². The first-order chi connectivity index (χ1) is 11.1. The summed E-state index contributed by atoms with van der Waals surface area (Å²) < 4.78 is 26.8. The Morgan fingerprint density at radius 2 is 1.96 bits per heavy atom. The summed E-state index contributed by atoms with van der Waals surface area (Å²) in [5.74, 6) is -0.904. The minimum absolute atomic E-state index is 0. The topological polar surface area (TPSA) is 35.6 Å². The molecule has 134 valence electrons. The Morgan fingerprint density at radius 3 is 2.58 bits per heavy atom. The SMILES string of the molecule is Cl.O=C(CCN(Cc1ccc(F)cc1F)C1CC1)N1CCNCC1. The zero-order valence-corrected chi connectivity index (χ0v) is 14.5. The Hall–Kier alpha value is -1.24. The van der Waals surface area contributed by atoms with Crippen LogP contribution in [0.3, 0.4) is 0 Å². The van der Waals surface area contributed by atoms with Gasteiger partial charge >= 0.3 is 0 Å². The van der Waals surface area contributed by atoms with Crippen molar-refractivity contribution >= 4 is 18.3 Å². The molecule has 0 unspecified atom stereocenters. The molecular formula is C17H24ClF2N3O. The number of hydrogen-bond acceptors (Lipinski definition) is 3. The molecule has 0 bridgehead atoms. The van der Waals surface area contributed by atoms with Crippen LogP contribution in [-0.4, -0.2) is 54.5 Å². The normalized spacial score (nSPS) is 17.7. The maximum absolute atomic E-state index is 13.8. The van der Waals surface area contributed by atoms with Crippen molar-refractivity contribution in [3.05, 3.63) is 35.4 Å². The fraction of sp³-hybridized carbons (Fsp3) is 0.588. The first kappa shape index (κ1) is 19.1. The molecule has 3 rings (SSSR count). The van der Waals surface area contributed by atoms with Gasteiger partial charge in [-0.3, -0.25) is 9.69 Å². The summed E-state index contributed by atoms with van der Waals surface area (Å²) >= 11 is 0. The van der Waals surface area contributed by atoms with E-state index in [1.165, 1.54) is 12.1 Å². The lowest BCUT2D eigenvalue weighted by Crippen LogP contribution is -2.47. The van der Waals surface area contributed by atoms with Crippen LogP contribution in [0.4, 0.5) is 8.78 Å². The molecule has 2 fully saturated rings. The lowest BCUT2D eigenvalue weighted by Gasteiger charge is -2.29. The second-order valence-electron chi connectivity index (χ2n) is 6.32. The maximum atomic E-state index is 13.8. The summed E-state index contributed by atoms with van der Waals surface area (Å²) in [4.78, 5) is 16.3. The number of halogens is 3. The zero-order chi connectivity index (χ0) is 16.2. The van der Waals surface area contributed by atoms with E-state index in [4.69, 9.17) is 0 Å². The third kappa shape index (κ3) is 5.13. The molecule has 1 N–H and O–H groups in total. The average molecular weight is 360 g/mol. The lowest BCUT2D eigenvalue weighted by molar-refractivity contribution is -0.132. The van der Waals surface area contributed by atoms with Crippen LogP contribution in [-0.2, 0) is 11.3 Å². The second-order valence-corrected chi connectivity index (χ2v) is 6.32. The highest BCUT2D eigenvalue weighted by atomic mass is 35.5. The third-order valence-corrected chi connectivity index (χ3v) is 4.53. The van der Waals surface area contributed by atoms with Crippen molar-refractivity contribution in [2.24, 2.45) is 0 Å². The molecule has 1 aromatic carbocycles. The van der Waals surface area contributed by atoms with Crippen LogP contribution < -0.4 is 5.32 Å². The van der Waals surface area contributed by atoms with Crippen LogP contribution in [0.1, 0.15) is 24.8 Å². The van der Waals surface area contributed by atoms with Gasteiger partial charge < -0.3 is 10.2 Å². The largest absolute Gasteiger partial charge is 0.340 e. The molecule has 1 amide bonds. The van der Waals surface area contributed by atoms with Gasteiger partial charge in [-0.1, -0.05) is 6.07 Å². The van der Waals surface area contributed by atoms with Gasteiger partial charge in [-0.25, -0.2) is 8.78 Å². The average Bonchev–Trinajstić information content (AvgIpc) is 3.38. The Morgan fingerprint density at radius 1 is 1.25 bits per heavy atom. The summed E-state index contributed by atoms with van der Waals surface area (Å²) in [6.45, 7) is 4.28. The zero-order valence-electron chi connectivity index (χ0n) is 13.6. The molecule has 4 nitrogen and oxygen atoms in total. The van der Waals surface area contributed by atoms with Crippen LogP contribution in [0.25, 0.3) is 0 Å². The number of carbonyl (C=O) groups is 1. The van der Waals surface area contributed by atoms with Crippen LogP contribution in [0.15, 0.2) is 18.2 Å². The first-order valence-electron chi connectivity index (χ1n) is 8.30. The van der Waals surface area contributed by atoms with E-state index in [0.29, 0.717) is 31.1 Å². The first-order valence-corrected chi connectivity index (χ1v) is 8.30. The van der Waals surface area contributed by atoms with E-state index in [9.17, 15) is 13.6 Å². The lowest BCUT2D eigenvalue weighted by atomic mass is 10.2. The quantitative estimate of drug-likeness (QED) is 0.845. The maximum Gasteiger partial charge on any atom is 0.223 e. The van der Waals surface area contributed by atoms with Crippen molar-refractivity contribution in [1.29, 1.82) is 0 Å². The van der Waals surface area contributed by atoms with Crippen LogP contribution in [0.5, 0.6) is 0 Å². The fourth-order valence-electron chi connectivity index (χ4n) is 3.01. The van der Waals surface area contributed by atoms with Crippen molar-refractivity contribution in [2.45, 2.75) is 31.8 Å². The van der Waals surface area contributed by atoms with Crippen molar-refractivity contribution in [3.63, 3.8) is 0 Å². The molecule has 1 aromatic rings. The Balaban J connectivity index is 0.00000208. The number of benzene rings is 1. The molecule has 1 heterocycles. The number of piperazine rings is 1. The van der Waals surface area contributed by atoms with E-state index >= 15 is 0 Å². The van der Waals surface area contributed by atoms with Gasteiger partial charge in [0.25, 0.3) is 0 Å². The highest BCUT2D eigenvalue weighted by molar-refractivity contribution is 5.85. The van der Waals surface area contributed by atoms with Crippen molar-refractivity contribution < 1.29 is 13.6 Å². The van der Waals surface area contributed by atoms with Crippen molar-refractivity contribution in [1.82, 2.24) is 15.1 Å². The van der Waals surface area contributed by atoms with E-state index in [1.807, 2.05) is 4.90 Å². The summed E-state index contributed by atoms with van der Waals surface area (Å²) in [5, 5.41) is 3.23. The van der Waals surface area contributed by atoms with Crippen LogP contribution >= 0.6 is 12.4 Å². The molecule has 24 heavy (non-hydrogen) atoms. The number of nitrogens with one attached hydrogen (secondary N) is 1. The van der Waals surface area contributed by atoms with E-state index in [-0.39, 0.29) is 18.3 Å². The van der Waals surface area contributed by atoms with E-state index in [2.05, 4.69) is 10.2 Å². The van der Waals surface area contributed by atoms with Gasteiger partial charge in [-0.05, 0) is 18.9 Å². The number of hydrogen-bond donors (Lipinski definition) is 1. The molecule has 1 aliphatic heterocycles. The van der Waals surface area contributed by atoms with E-state index in [0.717, 1.165) is 45.1 Å². The predicted molar refractivity (Wildman–Crippen MR) is 91.1 cm³/mol. The van der Waals surface area contributed by atoms with E-state index in [1.54, 1.807) is 0 Å². The molecule has 0 spiro atoms. The second kappa shape index (κ2) is 8.74. The number of carbonyl (C=O) groups excluding carboxylic acids is 1. The number of nitrogens with zero attached hydrogens (tertiary/aromatic N) is 2. The van der Waals surface area contributed by atoms with Crippen molar-refractivity contribution in [3.8, 4) is 0 Å². The Labute approximate surface area is 147 Å². The third-order valence-electron chi connectivity index (χ3n) is 4.53. The molecule has 2 aliphatic rings. The highest BCUT2D eigenvalue weighted by Crippen LogP contribution is 2.29. The summed E-state index contributed by atoms with van der Waals surface area (Å²) in [6.07, 6.45) is 2.63. The fourth-order valence-corrected chi connectivity index (χ4v) is 3.01. The molecular weight excluding hydrogens is 336 g/mol. The van der Waals surface area contributed by atoms with Crippen LogP contribution in [0.2, 0.25) is 0 Å². The summed E-state index contributed by atoms with van der Waals surface area (Å²) in [7, 11) is 0. The van der Waals surface area contributed by atoms with Gasteiger partial charge in [-0.15, -0.1) is 12.4 Å². The van der Waals surface area contributed by atoms with Gasteiger partial charge in [0.05, 0.1) is 0 Å². The Kier molecular flexibility index (Phi) is 6.95. The molecule has 0 radical (unpaired) electrons. The monoisotopic (exact) mass is 359 g/mol. The van der Waals surface area contributed by atoms with Gasteiger partial charge in [-0.2, -0.15) is 0 Å². The van der Waals surface area contributed by atoms with Gasteiger partial charge in [0.1, 0.15) is 11.6 Å².